The van der Waals surface area contributed by atoms with Gasteiger partial charge in [-0.3, -0.25) is 4.79 Å². The summed E-state index contributed by atoms with van der Waals surface area (Å²) in [6.07, 6.45) is 1.36. The fourth-order valence-electron chi connectivity index (χ4n) is 5.15. The van der Waals surface area contributed by atoms with E-state index in [-0.39, 0.29) is 23.2 Å². The number of nitrogens with one attached hydrogen (secondary N) is 2. The van der Waals surface area contributed by atoms with Crippen LogP contribution >= 0.6 is 0 Å². The Morgan fingerprint density at radius 3 is 2.43 bits per heavy atom. The molecule has 6 nitrogen and oxygen atoms in total. The number of nitrogens with zero attached hydrogens (tertiary/aromatic N) is 1. The van der Waals surface area contributed by atoms with E-state index in [4.69, 9.17) is 0 Å². The van der Waals surface area contributed by atoms with Gasteiger partial charge in [0.25, 0.3) is 0 Å². The van der Waals surface area contributed by atoms with Crippen LogP contribution in [0.3, 0.4) is 0 Å². The molecule has 1 aliphatic heterocycles. The summed E-state index contributed by atoms with van der Waals surface area (Å²) in [5.74, 6) is -0.584. The summed E-state index contributed by atoms with van der Waals surface area (Å²) in [5, 5.41) is 2.81. The van der Waals surface area contributed by atoms with Gasteiger partial charge in [-0.05, 0) is 66.8 Å². The Hall–Kier alpha value is -2.66. The lowest BCUT2D eigenvalue weighted by atomic mass is 9.85. The number of hydrogen-bond donors (Lipinski definition) is 2. The normalized spacial score (nSPS) is 17.5. The first kappa shape index (κ1) is 27.4. The minimum absolute atomic E-state index is 0.181. The highest BCUT2D eigenvalue weighted by molar-refractivity contribution is 7.89. The molecule has 0 radical (unpaired) electrons. The van der Waals surface area contributed by atoms with Crippen molar-refractivity contribution in [2.75, 3.05) is 24.5 Å². The molecule has 1 saturated carbocycles. The molecule has 0 saturated heterocycles. The minimum Gasteiger partial charge on any atom is -0.369 e. The Morgan fingerprint density at radius 2 is 1.76 bits per heavy atom. The van der Waals surface area contributed by atoms with Crippen molar-refractivity contribution in [1.29, 1.82) is 0 Å². The number of benzene rings is 2. The average Bonchev–Trinajstić information content (AvgIpc) is 3.25. The fourth-order valence-corrected chi connectivity index (χ4v) is 6.36. The SMILES string of the molecule is O=C(NCCN1CCc2cc(F)ccc21)[C@H](CC1CCCCC1)NS(=O)(=O)c1ccc(C(F)(F)F)cc1. The van der Waals surface area contributed by atoms with Crippen molar-refractivity contribution in [2.45, 2.75) is 62.1 Å². The lowest BCUT2D eigenvalue weighted by Gasteiger charge is -2.27. The molecule has 2 aromatic carbocycles. The molecule has 4 rings (SSSR count). The van der Waals surface area contributed by atoms with Gasteiger partial charge in [-0.2, -0.15) is 17.9 Å². The minimum atomic E-state index is -4.58. The van der Waals surface area contributed by atoms with E-state index in [0.717, 1.165) is 55.5 Å². The third-order valence-corrected chi connectivity index (χ3v) is 8.60. The van der Waals surface area contributed by atoms with Crippen LogP contribution in [0.5, 0.6) is 0 Å². The summed E-state index contributed by atoms with van der Waals surface area (Å²) >= 11 is 0. The van der Waals surface area contributed by atoms with Gasteiger partial charge in [0, 0.05) is 25.3 Å². The molecule has 0 spiro atoms. The second-order valence-electron chi connectivity index (χ2n) is 9.74. The number of anilines is 1. The zero-order chi connectivity index (χ0) is 26.6. The number of hydrogen-bond acceptors (Lipinski definition) is 4. The van der Waals surface area contributed by atoms with Crippen LogP contribution in [0.1, 0.15) is 49.7 Å². The molecule has 37 heavy (non-hydrogen) atoms. The first-order chi connectivity index (χ1) is 17.5. The fraction of sp³-hybridized carbons (Fsp3) is 0.500. The molecule has 0 unspecified atom stereocenters. The van der Waals surface area contributed by atoms with Gasteiger partial charge in [-0.25, -0.2) is 12.8 Å². The predicted molar refractivity (Wildman–Crippen MR) is 132 cm³/mol. The van der Waals surface area contributed by atoms with E-state index in [1.165, 1.54) is 12.1 Å². The van der Waals surface area contributed by atoms with E-state index >= 15 is 0 Å². The molecule has 1 fully saturated rings. The third-order valence-electron chi connectivity index (χ3n) is 7.11. The van der Waals surface area contributed by atoms with Crippen molar-refractivity contribution in [1.82, 2.24) is 10.0 Å². The lowest BCUT2D eigenvalue weighted by Crippen LogP contribution is -2.49. The molecule has 11 heteroatoms. The van der Waals surface area contributed by atoms with E-state index in [0.29, 0.717) is 38.1 Å². The van der Waals surface area contributed by atoms with Crippen molar-refractivity contribution in [3.8, 4) is 0 Å². The molecule has 0 bridgehead atoms. The van der Waals surface area contributed by atoms with Gasteiger partial charge in [0.1, 0.15) is 11.9 Å². The topological polar surface area (TPSA) is 78.5 Å². The standard InChI is InChI=1S/C26H31F4N3O3S/c27-21-8-11-24-19(17-21)12-14-33(24)15-13-31-25(34)23(16-18-4-2-1-3-5-18)32-37(35,36)22-9-6-20(7-10-22)26(28,29)30/h6-11,17-18,23,32H,1-5,12-16H2,(H,31,34)/t23-/m0/s1. The quantitative estimate of drug-likeness (QED) is 0.454. The van der Waals surface area contributed by atoms with Crippen molar-refractivity contribution in [3.05, 3.63) is 59.4 Å². The van der Waals surface area contributed by atoms with Crippen LogP contribution < -0.4 is 14.9 Å². The van der Waals surface area contributed by atoms with Crippen LogP contribution in [-0.4, -0.2) is 40.0 Å². The van der Waals surface area contributed by atoms with Gasteiger partial charge < -0.3 is 10.2 Å². The maximum absolute atomic E-state index is 13.5. The second-order valence-corrected chi connectivity index (χ2v) is 11.5. The summed E-state index contributed by atoms with van der Waals surface area (Å²) in [5.41, 5.74) is 0.873. The summed E-state index contributed by atoms with van der Waals surface area (Å²) in [6.45, 7) is 1.44. The predicted octanol–water partition coefficient (Wildman–Crippen LogP) is 4.64. The van der Waals surface area contributed by atoms with Gasteiger partial charge in [0.05, 0.1) is 10.5 Å². The van der Waals surface area contributed by atoms with Gasteiger partial charge in [-0.15, -0.1) is 0 Å². The molecule has 1 atom stereocenters. The smallest absolute Gasteiger partial charge is 0.369 e. The lowest BCUT2D eigenvalue weighted by molar-refractivity contribution is -0.137. The zero-order valence-electron chi connectivity index (χ0n) is 20.4. The van der Waals surface area contributed by atoms with Crippen LogP contribution in [-0.2, 0) is 27.4 Å². The Morgan fingerprint density at radius 1 is 1.05 bits per heavy atom. The summed E-state index contributed by atoms with van der Waals surface area (Å²) in [4.78, 5) is 14.8. The summed E-state index contributed by atoms with van der Waals surface area (Å²) in [7, 11) is -4.23. The highest BCUT2D eigenvalue weighted by Crippen LogP contribution is 2.31. The van der Waals surface area contributed by atoms with Crippen LogP contribution in [0.2, 0.25) is 0 Å². The maximum atomic E-state index is 13.5. The Balaban J connectivity index is 1.42. The molecule has 2 N–H and O–H groups in total. The van der Waals surface area contributed by atoms with E-state index in [9.17, 15) is 30.8 Å². The number of halogens is 4. The number of amides is 1. The van der Waals surface area contributed by atoms with Crippen molar-refractivity contribution < 1.29 is 30.8 Å². The molecule has 2 aromatic rings. The van der Waals surface area contributed by atoms with E-state index in [2.05, 4.69) is 10.0 Å². The Labute approximate surface area is 214 Å². The highest BCUT2D eigenvalue weighted by atomic mass is 32.2. The number of alkyl halides is 3. The van der Waals surface area contributed by atoms with Gasteiger partial charge in [-0.1, -0.05) is 32.1 Å². The molecule has 1 heterocycles. The second kappa shape index (κ2) is 11.4. The van der Waals surface area contributed by atoms with E-state index in [1.807, 2.05) is 4.90 Å². The van der Waals surface area contributed by atoms with Gasteiger partial charge in [0.2, 0.25) is 15.9 Å². The molecule has 2 aliphatic rings. The maximum Gasteiger partial charge on any atom is 0.416 e. The number of sulfonamides is 1. The molecule has 202 valence electrons. The molecule has 1 amide bonds. The zero-order valence-corrected chi connectivity index (χ0v) is 21.2. The van der Waals surface area contributed by atoms with Crippen molar-refractivity contribution in [3.63, 3.8) is 0 Å². The Bertz CT molecular complexity index is 1200. The number of fused-ring (bicyclic) bond motifs is 1. The average molecular weight is 542 g/mol. The monoisotopic (exact) mass is 541 g/mol. The Kier molecular flexibility index (Phi) is 8.42. The number of carbonyl (C=O) groups is 1. The third kappa shape index (κ3) is 7.01. The summed E-state index contributed by atoms with van der Waals surface area (Å²) < 4.78 is 80.5. The number of carbonyl (C=O) groups excluding carboxylic acids is 1. The first-order valence-corrected chi connectivity index (χ1v) is 14.0. The van der Waals surface area contributed by atoms with Crippen molar-refractivity contribution in [2.24, 2.45) is 5.92 Å². The van der Waals surface area contributed by atoms with Gasteiger partial charge in [0.15, 0.2) is 0 Å². The van der Waals surface area contributed by atoms with Crippen molar-refractivity contribution >= 4 is 21.6 Å². The largest absolute Gasteiger partial charge is 0.416 e. The molecular weight excluding hydrogens is 510 g/mol. The van der Waals surface area contributed by atoms with E-state index in [1.54, 1.807) is 6.07 Å². The van der Waals surface area contributed by atoms with E-state index < -0.39 is 33.7 Å². The summed E-state index contributed by atoms with van der Waals surface area (Å²) in [6, 6.07) is 6.78. The molecule has 1 aliphatic carbocycles. The van der Waals surface area contributed by atoms with Crippen LogP contribution in [0.15, 0.2) is 47.4 Å². The van der Waals surface area contributed by atoms with Crippen LogP contribution in [0.4, 0.5) is 23.2 Å². The van der Waals surface area contributed by atoms with Gasteiger partial charge >= 0.3 is 6.18 Å². The van der Waals surface area contributed by atoms with Crippen LogP contribution in [0.25, 0.3) is 0 Å². The highest BCUT2D eigenvalue weighted by Gasteiger charge is 2.32. The first-order valence-electron chi connectivity index (χ1n) is 12.5. The van der Waals surface area contributed by atoms with Crippen LogP contribution in [0, 0.1) is 11.7 Å². The molecular formula is C26H31F4N3O3S. The molecule has 0 aromatic heterocycles. The number of rotatable bonds is 9.